The first-order chi connectivity index (χ1) is 16.0. The molecule has 3 aromatic rings. The zero-order chi connectivity index (χ0) is 23.4. The van der Waals surface area contributed by atoms with E-state index in [9.17, 15) is 17.6 Å². The van der Waals surface area contributed by atoms with E-state index in [-0.39, 0.29) is 17.2 Å². The highest BCUT2D eigenvalue weighted by molar-refractivity contribution is 5.71. The smallest absolute Gasteiger partial charge is 0.194 e. The molecule has 0 amide bonds. The molecule has 33 heavy (non-hydrogen) atoms. The normalized spacial score (nSPS) is 18.5. The Morgan fingerprint density at radius 2 is 1.42 bits per heavy atom. The molecule has 3 aromatic carbocycles. The Labute approximate surface area is 192 Å². The van der Waals surface area contributed by atoms with Crippen molar-refractivity contribution in [2.24, 2.45) is 5.92 Å². The van der Waals surface area contributed by atoms with Gasteiger partial charge in [0, 0.05) is 5.56 Å². The average molecular weight is 457 g/mol. The predicted molar refractivity (Wildman–Crippen MR) is 123 cm³/mol. The number of hydrogen-bond donors (Lipinski definition) is 0. The Morgan fingerprint density at radius 1 is 0.758 bits per heavy atom. The average Bonchev–Trinajstić information content (AvgIpc) is 2.83. The van der Waals surface area contributed by atoms with Gasteiger partial charge in [-0.1, -0.05) is 62.6 Å². The fourth-order valence-corrected chi connectivity index (χ4v) is 4.51. The van der Waals surface area contributed by atoms with Crippen LogP contribution in [0.2, 0.25) is 0 Å². The minimum Gasteiger partial charge on any atom is -0.373 e. The van der Waals surface area contributed by atoms with Gasteiger partial charge in [0.25, 0.3) is 0 Å². The lowest BCUT2D eigenvalue weighted by Gasteiger charge is -2.29. The Bertz CT molecular complexity index is 1060. The van der Waals surface area contributed by atoms with Crippen LogP contribution < -0.4 is 0 Å². The van der Waals surface area contributed by atoms with E-state index < -0.39 is 23.3 Å². The second-order valence-corrected chi connectivity index (χ2v) is 8.83. The summed E-state index contributed by atoms with van der Waals surface area (Å²) in [6.07, 6.45) is 7.28. The van der Waals surface area contributed by atoms with E-state index in [1.54, 1.807) is 6.07 Å². The summed E-state index contributed by atoms with van der Waals surface area (Å²) in [5.41, 5.74) is 2.55. The molecule has 0 bridgehead atoms. The van der Waals surface area contributed by atoms with Crippen molar-refractivity contribution in [1.29, 1.82) is 0 Å². The number of rotatable bonds is 7. The van der Waals surface area contributed by atoms with E-state index >= 15 is 0 Å². The molecule has 2 unspecified atom stereocenters. The van der Waals surface area contributed by atoms with Gasteiger partial charge < -0.3 is 4.74 Å². The molecule has 0 saturated carbocycles. The quantitative estimate of drug-likeness (QED) is 0.196. The molecule has 2 atom stereocenters. The second kappa shape index (κ2) is 10.5. The first kappa shape index (κ1) is 23.5. The third kappa shape index (κ3) is 5.47. The van der Waals surface area contributed by atoms with E-state index in [2.05, 4.69) is 6.92 Å². The maximum Gasteiger partial charge on any atom is 0.194 e. The predicted octanol–water partition coefficient (Wildman–Crippen LogP) is 8.63. The van der Waals surface area contributed by atoms with Crippen LogP contribution in [0.4, 0.5) is 17.6 Å². The summed E-state index contributed by atoms with van der Waals surface area (Å²) in [5.74, 6) is -4.24. The lowest BCUT2D eigenvalue weighted by molar-refractivity contribution is -0.0198. The number of benzene rings is 3. The number of unbranched alkanes of at least 4 members (excludes halogenated alkanes) is 2. The summed E-state index contributed by atoms with van der Waals surface area (Å²) in [6.45, 7) is 3.01. The van der Waals surface area contributed by atoms with Gasteiger partial charge in [0.2, 0.25) is 0 Å². The van der Waals surface area contributed by atoms with Crippen LogP contribution in [0.25, 0.3) is 22.3 Å². The van der Waals surface area contributed by atoms with Crippen LogP contribution in [-0.2, 0) is 4.74 Å². The fraction of sp³-hybridized carbons (Fsp3) is 0.357. The first-order valence-corrected chi connectivity index (χ1v) is 11.6. The number of hydrogen-bond acceptors (Lipinski definition) is 1. The van der Waals surface area contributed by atoms with Crippen molar-refractivity contribution in [3.8, 4) is 22.3 Å². The lowest BCUT2D eigenvalue weighted by atomic mass is 9.90. The molecule has 174 valence electrons. The zero-order valence-corrected chi connectivity index (χ0v) is 18.7. The van der Waals surface area contributed by atoms with Crippen molar-refractivity contribution < 1.29 is 22.3 Å². The number of halogens is 4. The molecule has 0 aromatic heterocycles. The van der Waals surface area contributed by atoms with Crippen LogP contribution >= 0.6 is 0 Å². The summed E-state index contributed by atoms with van der Waals surface area (Å²) >= 11 is 0. The highest BCUT2D eigenvalue weighted by atomic mass is 19.2. The van der Waals surface area contributed by atoms with Gasteiger partial charge in [-0.2, -0.15) is 0 Å². The van der Waals surface area contributed by atoms with Crippen molar-refractivity contribution in [3.05, 3.63) is 83.4 Å². The van der Waals surface area contributed by atoms with Crippen molar-refractivity contribution in [1.82, 2.24) is 0 Å². The molecule has 0 aliphatic carbocycles. The van der Waals surface area contributed by atoms with Crippen LogP contribution in [-0.4, -0.2) is 6.61 Å². The maximum atomic E-state index is 14.7. The molecule has 1 aliphatic rings. The van der Waals surface area contributed by atoms with Gasteiger partial charge in [0.15, 0.2) is 17.5 Å². The SMILES string of the molecule is CCCCCC1CCC(c2ccc(-c3ccc(-c4cc(F)c(F)c(F)c4)c(F)c3)cc2)OC1. The Morgan fingerprint density at radius 3 is 2.03 bits per heavy atom. The van der Waals surface area contributed by atoms with E-state index in [0.29, 0.717) is 11.5 Å². The summed E-state index contributed by atoms with van der Waals surface area (Å²) < 4.78 is 61.1. The largest absolute Gasteiger partial charge is 0.373 e. The fourth-order valence-electron chi connectivity index (χ4n) is 4.51. The van der Waals surface area contributed by atoms with E-state index in [0.717, 1.165) is 36.3 Å². The monoisotopic (exact) mass is 456 g/mol. The number of ether oxygens (including phenoxy) is 1. The minimum atomic E-state index is -1.56. The molecule has 1 heterocycles. The van der Waals surface area contributed by atoms with Crippen LogP contribution in [0.3, 0.4) is 0 Å². The first-order valence-electron chi connectivity index (χ1n) is 11.6. The summed E-state index contributed by atoms with van der Waals surface area (Å²) in [6, 6.07) is 13.9. The van der Waals surface area contributed by atoms with Crippen molar-refractivity contribution in [2.45, 2.75) is 51.6 Å². The second-order valence-electron chi connectivity index (χ2n) is 8.83. The summed E-state index contributed by atoms with van der Waals surface area (Å²) in [4.78, 5) is 0. The molecular weight excluding hydrogens is 428 g/mol. The molecular formula is C28H28F4O. The van der Waals surface area contributed by atoms with Gasteiger partial charge >= 0.3 is 0 Å². The Balaban J connectivity index is 1.44. The van der Waals surface area contributed by atoms with Crippen LogP contribution in [0.15, 0.2) is 54.6 Å². The molecule has 5 heteroatoms. The van der Waals surface area contributed by atoms with Gasteiger partial charge in [0.1, 0.15) is 5.82 Å². The van der Waals surface area contributed by atoms with Gasteiger partial charge in [-0.15, -0.1) is 0 Å². The maximum absolute atomic E-state index is 14.7. The molecule has 1 saturated heterocycles. The molecule has 0 radical (unpaired) electrons. The van der Waals surface area contributed by atoms with Gasteiger partial charge in [-0.25, -0.2) is 17.6 Å². The van der Waals surface area contributed by atoms with Crippen LogP contribution in [0, 0.1) is 29.2 Å². The van der Waals surface area contributed by atoms with Crippen LogP contribution in [0.5, 0.6) is 0 Å². The van der Waals surface area contributed by atoms with Gasteiger partial charge in [-0.05, 0) is 65.6 Å². The molecule has 1 fully saturated rings. The summed E-state index contributed by atoms with van der Waals surface area (Å²) in [5, 5.41) is 0. The highest BCUT2D eigenvalue weighted by Gasteiger charge is 2.22. The van der Waals surface area contributed by atoms with Crippen molar-refractivity contribution >= 4 is 0 Å². The van der Waals surface area contributed by atoms with Crippen molar-refractivity contribution in [2.75, 3.05) is 6.61 Å². The third-order valence-electron chi connectivity index (χ3n) is 6.47. The lowest BCUT2D eigenvalue weighted by Crippen LogP contribution is -2.20. The van der Waals surface area contributed by atoms with E-state index in [1.807, 2.05) is 24.3 Å². The van der Waals surface area contributed by atoms with Gasteiger partial charge in [-0.3, -0.25) is 0 Å². The highest BCUT2D eigenvalue weighted by Crippen LogP contribution is 2.34. The van der Waals surface area contributed by atoms with Gasteiger partial charge in [0.05, 0.1) is 12.7 Å². The van der Waals surface area contributed by atoms with Crippen LogP contribution in [0.1, 0.15) is 57.1 Å². The van der Waals surface area contributed by atoms with E-state index in [1.165, 1.54) is 44.2 Å². The van der Waals surface area contributed by atoms with E-state index in [4.69, 9.17) is 4.74 Å². The summed E-state index contributed by atoms with van der Waals surface area (Å²) in [7, 11) is 0. The Kier molecular flexibility index (Phi) is 7.49. The zero-order valence-electron chi connectivity index (χ0n) is 18.7. The standard InChI is InChI=1S/C28H28F4O/c1-2-3-4-5-18-6-13-27(33-17-18)20-9-7-19(8-10-20)21-11-12-23(24(29)14-21)22-15-25(30)28(32)26(31)16-22/h7-12,14-16,18,27H,2-6,13,17H2,1H3. The molecule has 1 aliphatic heterocycles. The topological polar surface area (TPSA) is 9.23 Å². The molecule has 0 N–H and O–H groups in total. The molecule has 0 spiro atoms. The Hall–Kier alpha value is -2.66. The minimum absolute atomic E-state index is 0.0114. The third-order valence-corrected chi connectivity index (χ3v) is 6.47. The molecule has 4 rings (SSSR count). The molecule has 1 nitrogen and oxygen atoms in total. The van der Waals surface area contributed by atoms with Crippen molar-refractivity contribution in [3.63, 3.8) is 0 Å².